The molecule has 1 aliphatic heterocycles. The first kappa shape index (κ1) is 19.2. The van der Waals surface area contributed by atoms with Crippen LogP contribution in [0.25, 0.3) is 11.0 Å². The maximum atomic E-state index is 12.9. The number of fused-ring (bicyclic) bond motifs is 3. The smallest absolute Gasteiger partial charge is 0.336 e. The van der Waals surface area contributed by atoms with Crippen molar-refractivity contribution in [1.82, 2.24) is 0 Å². The minimum Gasteiger partial charge on any atom is -0.489 e. The summed E-state index contributed by atoms with van der Waals surface area (Å²) in [6.07, 6.45) is 1.31. The molecule has 1 aromatic carbocycles. The van der Waals surface area contributed by atoms with E-state index in [1.54, 1.807) is 6.07 Å². The van der Waals surface area contributed by atoms with Crippen LogP contribution in [-0.2, 0) is 6.42 Å². The molecule has 6 heteroatoms. The summed E-state index contributed by atoms with van der Waals surface area (Å²) in [7, 11) is 0. The number of carbonyl (C=O) groups excluding carboxylic acids is 1. The average Bonchev–Trinajstić information content (AvgIpc) is 2.59. The zero-order chi connectivity index (χ0) is 19.0. The molecule has 26 heavy (non-hydrogen) atoms. The molecular formula is C20H23IO5. The first-order valence-electron chi connectivity index (χ1n) is 8.94. The highest BCUT2D eigenvalue weighted by atomic mass is 127. The van der Waals surface area contributed by atoms with Crippen molar-refractivity contribution in [2.75, 3.05) is 4.43 Å². The first-order valence-corrected chi connectivity index (χ1v) is 10.5. The van der Waals surface area contributed by atoms with Crippen molar-refractivity contribution in [3.8, 4) is 11.5 Å². The summed E-state index contributed by atoms with van der Waals surface area (Å²) in [6, 6.07) is 3.28. The SMILES string of the molecule is CCCc1cc(=O)oc2c3c(cc(OC(C)CI)c12)OC(C)C(C)C3=O. The standard InChI is InChI=1S/C20H23IO5/c1-5-6-13-7-16(22)26-20-17(13)14(24-10(2)9-21)8-15-18(20)19(23)11(3)12(4)25-15/h7-8,10-12H,5-6,9H2,1-4H3. The van der Waals surface area contributed by atoms with E-state index in [0.717, 1.165) is 16.4 Å². The Kier molecular flexibility index (Phi) is 5.60. The number of carbonyl (C=O) groups is 1. The van der Waals surface area contributed by atoms with Crippen LogP contribution in [0.3, 0.4) is 0 Å². The monoisotopic (exact) mass is 470 g/mol. The van der Waals surface area contributed by atoms with Crippen LogP contribution >= 0.6 is 22.6 Å². The molecule has 140 valence electrons. The lowest BCUT2D eigenvalue weighted by molar-refractivity contribution is 0.0730. The third kappa shape index (κ3) is 3.35. The summed E-state index contributed by atoms with van der Waals surface area (Å²) in [5, 5.41) is 0.709. The first-order chi connectivity index (χ1) is 12.4. The topological polar surface area (TPSA) is 65.7 Å². The predicted octanol–water partition coefficient (Wildman–Crippen LogP) is 4.55. The van der Waals surface area contributed by atoms with E-state index in [1.165, 1.54) is 6.07 Å². The molecule has 1 aliphatic rings. The zero-order valence-corrected chi connectivity index (χ0v) is 17.6. The summed E-state index contributed by atoms with van der Waals surface area (Å²) >= 11 is 2.26. The summed E-state index contributed by atoms with van der Waals surface area (Å²) < 4.78 is 18.4. The van der Waals surface area contributed by atoms with E-state index in [9.17, 15) is 9.59 Å². The van der Waals surface area contributed by atoms with Crippen LogP contribution in [-0.4, -0.2) is 22.4 Å². The molecule has 0 radical (unpaired) electrons. The molecule has 0 spiro atoms. The number of hydrogen-bond donors (Lipinski definition) is 0. The lowest BCUT2D eigenvalue weighted by Crippen LogP contribution is -2.34. The zero-order valence-electron chi connectivity index (χ0n) is 15.4. The Bertz CT molecular complexity index is 901. The molecular weight excluding hydrogens is 447 g/mol. The normalized spacial score (nSPS) is 20.6. The van der Waals surface area contributed by atoms with Crippen molar-refractivity contribution in [3.63, 3.8) is 0 Å². The highest BCUT2D eigenvalue weighted by Gasteiger charge is 2.35. The molecule has 2 heterocycles. The Labute approximate surface area is 166 Å². The van der Waals surface area contributed by atoms with Gasteiger partial charge in [-0.05, 0) is 25.8 Å². The molecule has 3 rings (SSSR count). The van der Waals surface area contributed by atoms with Crippen LogP contribution < -0.4 is 15.1 Å². The van der Waals surface area contributed by atoms with Crippen molar-refractivity contribution in [3.05, 3.63) is 33.7 Å². The number of aryl methyl sites for hydroxylation is 1. The number of Topliss-reactive ketones (excluding diaryl/α,β-unsaturated/α-hetero) is 1. The average molecular weight is 470 g/mol. The van der Waals surface area contributed by atoms with Gasteiger partial charge in [-0.3, -0.25) is 4.79 Å². The second kappa shape index (κ2) is 7.58. The fraction of sp³-hybridized carbons (Fsp3) is 0.500. The number of ketones is 1. The van der Waals surface area contributed by atoms with Crippen molar-refractivity contribution >= 4 is 39.3 Å². The van der Waals surface area contributed by atoms with Gasteiger partial charge in [0.1, 0.15) is 29.3 Å². The van der Waals surface area contributed by atoms with E-state index in [4.69, 9.17) is 13.9 Å². The lowest BCUT2D eigenvalue weighted by atomic mass is 9.89. The van der Waals surface area contributed by atoms with Gasteiger partial charge in [-0.15, -0.1) is 0 Å². The minimum absolute atomic E-state index is 0.0195. The quantitative estimate of drug-likeness (QED) is 0.365. The van der Waals surface area contributed by atoms with E-state index in [2.05, 4.69) is 22.6 Å². The maximum absolute atomic E-state index is 12.9. The van der Waals surface area contributed by atoms with Crippen molar-refractivity contribution in [1.29, 1.82) is 0 Å². The molecule has 0 N–H and O–H groups in total. The molecule has 3 unspecified atom stereocenters. The van der Waals surface area contributed by atoms with Gasteiger partial charge in [0.15, 0.2) is 11.4 Å². The number of halogens is 1. The Morgan fingerprint density at radius 2 is 2.00 bits per heavy atom. The fourth-order valence-electron chi connectivity index (χ4n) is 3.24. The van der Waals surface area contributed by atoms with Crippen LogP contribution in [0.15, 0.2) is 21.3 Å². The summed E-state index contributed by atoms with van der Waals surface area (Å²) in [6.45, 7) is 7.73. The number of hydrogen-bond acceptors (Lipinski definition) is 5. The van der Waals surface area contributed by atoms with Gasteiger partial charge in [0.25, 0.3) is 0 Å². The Morgan fingerprint density at radius 1 is 1.27 bits per heavy atom. The van der Waals surface area contributed by atoms with Gasteiger partial charge in [-0.25, -0.2) is 4.79 Å². The molecule has 0 bridgehead atoms. The van der Waals surface area contributed by atoms with E-state index in [1.807, 2.05) is 27.7 Å². The van der Waals surface area contributed by atoms with E-state index in [-0.39, 0.29) is 29.5 Å². The third-order valence-corrected chi connectivity index (χ3v) is 6.01. The second-order valence-corrected chi connectivity index (χ2v) is 7.73. The Balaban J connectivity index is 2.36. The Morgan fingerprint density at radius 3 is 2.65 bits per heavy atom. The van der Waals surface area contributed by atoms with Crippen LogP contribution in [0, 0.1) is 5.92 Å². The van der Waals surface area contributed by atoms with Gasteiger partial charge in [0, 0.05) is 16.6 Å². The van der Waals surface area contributed by atoms with E-state index < -0.39 is 5.63 Å². The van der Waals surface area contributed by atoms with Crippen LogP contribution in [0.1, 0.15) is 50.0 Å². The van der Waals surface area contributed by atoms with Crippen LogP contribution in [0.4, 0.5) is 0 Å². The van der Waals surface area contributed by atoms with Crippen LogP contribution in [0.5, 0.6) is 11.5 Å². The number of ether oxygens (including phenoxy) is 2. The van der Waals surface area contributed by atoms with Gasteiger partial charge >= 0.3 is 5.63 Å². The fourth-order valence-corrected chi connectivity index (χ4v) is 3.42. The highest BCUT2D eigenvalue weighted by molar-refractivity contribution is 14.1. The molecule has 5 nitrogen and oxygen atoms in total. The maximum Gasteiger partial charge on any atom is 0.336 e. The van der Waals surface area contributed by atoms with Crippen LogP contribution in [0.2, 0.25) is 0 Å². The van der Waals surface area contributed by atoms with Crippen molar-refractivity contribution < 1.29 is 18.7 Å². The largest absolute Gasteiger partial charge is 0.489 e. The lowest BCUT2D eigenvalue weighted by Gasteiger charge is -2.29. The van der Waals surface area contributed by atoms with Gasteiger partial charge in [0.2, 0.25) is 0 Å². The summed E-state index contributed by atoms with van der Waals surface area (Å²) in [5.41, 5.74) is 1.03. The summed E-state index contributed by atoms with van der Waals surface area (Å²) in [4.78, 5) is 25.1. The molecule has 0 saturated heterocycles. The van der Waals surface area contributed by atoms with Crippen molar-refractivity contribution in [2.24, 2.45) is 5.92 Å². The molecule has 3 atom stereocenters. The number of rotatable bonds is 5. The van der Waals surface area contributed by atoms with Gasteiger partial charge < -0.3 is 13.9 Å². The van der Waals surface area contributed by atoms with E-state index >= 15 is 0 Å². The number of alkyl halides is 1. The number of benzene rings is 1. The molecule has 1 aromatic heterocycles. The molecule has 0 saturated carbocycles. The van der Waals surface area contributed by atoms with Crippen molar-refractivity contribution in [2.45, 2.75) is 52.7 Å². The Hall–Kier alpha value is -1.57. The molecule has 0 aliphatic carbocycles. The molecule has 0 fully saturated rings. The second-order valence-electron chi connectivity index (χ2n) is 6.85. The minimum atomic E-state index is -0.457. The molecule has 0 amide bonds. The van der Waals surface area contributed by atoms with Gasteiger partial charge in [0.05, 0.1) is 11.3 Å². The summed E-state index contributed by atoms with van der Waals surface area (Å²) in [5.74, 6) is 0.671. The van der Waals surface area contributed by atoms with Gasteiger partial charge in [-0.2, -0.15) is 0 Å². The van der Waals surface area contributed by atoms with E-state index in [0.29, 0.717) is 28.9 Å². The van der Waals surface area contributed by atoms with Gasteiger partial charge in [-0.1, -0.05) is 42.9 Å². The molecule has 2 aromatic rings. The third-order valence-electron chi connectivity index (χ3n) is 4.77. The predicted molar refractivity (Wildman–Crippen MR) is 109 cm³/mol. The highest BCUT2D eigenvalue weighted by Crippen LogP contribution is 2.42.